The first-order valence-electron chi connectivity index (χ1n) is 5.93. The van der Waals surface area contributed by atoms with Crippen molar-refractivity contribution in [3.63, 3.8) is 0 Å². The zero-order chi connectivity index (χ0) is 13.0. The maximum Gasteiger partial charge on any atom is 0.315 e. The minimum absolute atomic E-state index is 0.0198. The summed E-state index contributed by atoms with van der Waals surface area (Å²) in [6, 6.07) is 1.71. The largest absolute Gasteiger partial charge is 0.481 e. The Morgan fingerprint density at radius 2 is 2.28 bits per heavy atom. The summed E-state index contributed by atoms with van der Waals surface area (Å²) in [6.07, 6.45) is 1.91. The molecule has 1 aliphatic rings. The Hall–Kier alpha value is -1.56. The molecule has 0 aromatic carbocycles. The minimum Gasteiger partial charge on any atom is -0.481 e. The Kier molecular flexibility index (Phi) is 4.19. The molecule has 1 aromatic heterocycles. The molecule has 98 valence electrons. The quantitative estimate of drug-likeness (QED) is 0.779. The number of thiophene rings is 1. The summed E-state index contributed by atoms with van der Waals surface area (Å²) in [5.74, 6) is -1.08. The van der Waals surface area contributed by atoms with Gasteiger partial charge >= 0.3 is 12.0 Å². The van der Waals surface area contributed by atoms with Crippen molar-refractivity contribution in [2.45, 2.75) is 31.8 Å². The van der Waals surface area contributed by atoms with Crippen molar-refractivity contribution in [3.8, 4) is 0 Å². The van der Waals surface area contributed by atoms with Crippen molar-refractivity contribution in [1.82, 2.24) is 10.6 Å². The summed E-state index contributed by atoms with van der Waals surface area (Å²) in [5, 5.41) is 18.4. The second-order valence-electron chi connectivity index (χ2n) is 4.50. The van der Waals surface area contributed by atoms with Crippen LogP contribution in [0.5, 0.6) is 0 Å². The second-order valence-corrected chi connectivity index (χ2v) is 5.28. The number of carboxylic acids is 1. The lowest BCUT2D eigenvalue weighted by atomic mass is 10.1. The van der Waals surface area contributed by atoms with Crippen LogP contribution in [0.15, 0.2) is 16.8 Å². The maximum absolute atomic E-state index is 11.6. The van der Waals surface area contributed by atoms with Crippen LogP contribution in [0.25, 0.3) is 0 Å². The van der Waals surface area contributed by atoms with Gasteiger partial charge in [-0.05, 0) is 41.7 Å². The summed E-state index contributed by atoms with van der Waals surface area (Å²) in [5.41, 5.74) is 1.07. The van der Waals surface area contributed by atoms with Gasteiger partial charge in [-0.2, -0.15) is 11.3 Å². The second kappa shape index (κ2) is 5.86. The lowest BCUT2D eigenvalue weighted by Crippen LogP contribution is -2.40. The highest BCUT2D eigenvalue weighted by atomic mass is 32.1. The van der Waals surface area contributed by atoms with E-state index in [4.69, 9.17) is 5.11 Å². The molecule has 0 aliphatic heterocycles. The highest BCUT2D eigenvalue weighted by Crippen LogP contribution is 2.25. The summed E-state index contributed by atoms with van der Waals surface area (Å²) >= 11 is 1.59. The van der Waals surface area contributed by atoms with Crippen LogP contribution in [0.1, 0.15) is 24.8 Å². The third-order valence-corrected chi connectivity index (χ3v) is 3.88. The first-order chi connectivity index (χ1) is 8.65. The van der Waals surface area contributed by atoms with E-state index in [2.05, 4.69) is 10.6 Å². The van der Waals surface area contributed by atoms with Gasteiger partial charge in [0, 0.05) is 12.6 Å². The van der Waals surface area contributed by atoms with Crippen molar-refractivity contribution in [2.24, 2.45) is 5.92 Å². The number of amides is 2. The van der Waals surface area contributed by atoms with Crippen molar-refractivity contribution in [3.05, 3.63) is 22.4 Å². The molecule has 0 radical (unpaired) electrons. The van der Waals surface area contributed by atoms with Gasteiger partial charge in [-0.15, -0.1) is 0 Å². The number of carboxylic acid groups (broad SMARTS) is 1. The fraction of sp³-hybridized carbons (Fsp3) is 0.500. The summed E-state index contributed by atoms with van der Waals surface area (Å²) in [7, 11) is 0. The molecular weight excluding hydrogens is 252 g/mol. The Balaban J connectivity index is 1.70. The van der Waals surface area contributed by atoms with Crippen LogP contribution in [0.3, 0.4) is 0 Å². The molecule has 18 heavy (non-hydrogen) atoms. The molecule has 1 aromatic rings. The number of hydrogen-bond acceptors (Lipinski definition) is 3. The third kappa shape index (κ3) is 3.46. The van der Waals surface area contributed by atoms with Crippen LogP contribution in [-0.4, -0.2) is 23.1 Å². The van der Waals surface area contributed by atoms with E-state index in [1.165, 1.54) is 0 Å². The van der Waals surface area contributed by atoms with Crippen molar-refractivity contribution < 1.29 is 14.7 Å². The molecule has 3 N–H and O–H groups in total. The number of nitrogens with one attached hydrogen (secondary N) is 2. The van der Waals surface area contributed by atoms with Crippen LogP contribution >= 0.6 is 11.3 Å². The Morgan fingerprint density at radius 3 is 2.89 bits per heavy atom. The number of carbonyl (C=O) groups is 2. The molecule has 6 heteroatoms. The smallest absolute Gasteiger partial charge is 0.315 e. The molecule has 0 saturated heterocycles. The molecular formula is C12H16N2O3S. The predicted molar refractivity (Wildman–Crippen MR) is 68.5 cm³/mol. The molecule has 0 spiro atoms. The van der Waals surface area contributed by atoms with Gasteiger partial charge in [0.1, 0.15) is 0 Å². The third-order valence-electron chi connectivity index (χ3n) is 3.15. The maximum atomic E-state index is 11.6. The van der Waals surface area contributed by atoms with Gasteiger partial charge in [0.15, 0.2) is 0 Å². The topological polar surface area (TPSA) is 78.4 Å². The molecule has 0 bridgehead atoms. The van der Waals surface area contributed by atoms with Gasteiger partial charge in [0.05, 0.1) is 5.92 Å². The van der Waals surface area contributed by atoms with E-state index in [1.807, 2.05) is 16.8 Å². The van der Waals surface area contributed by atoms with Gasteiger partial charge in [-0.25, -0.2) is 4.79 Å². The number of aliphatic carboxylic acids is 1. The van der Waals surface area contributed by atoms with Gasteiger partial charge in [-0.3, -0.25) is 4.79 Å². The molecule has 1 heterocycles. The van der Waals surface area contributed by atoms with Gasteiger partial charge < -0.3 is 15.7 Å². The monoisotopic (exact) mass is 268 g/mol. The first kappa shape index (κ1) is 12.9. The summed E-state index contributed by atoms with van der Waals surface area (Å²) < 4.78 is 0. The SMILES string of the molecule is O=C(NCc1ccsc1)NC1CCC(C(=O)O)C1. The summed E-state index contributed by atoms with van der Waals surface area (Å²) in [6.45, 7) is 0.504. The van der Waals surface area contributed by atoms with Gasteiger partial charge in [0.25, 0.3) is 0 Å². The number of carbonyl (C=O) groups excluding carboxylic acids is 1. The lowest BCUT2D eigenvalue weighted by molar-refractivity contribution is -0.141. The van der Waals surface area contributed by atoms with Crippen molar-refractivity contribution in [1.29, 1.82) is 0 Å². The predicted octanol–water partition coefficient (Wildman–Crippen LogP) is 1.80. The van der Waals surface area contributed by atoms with E-state index < -0.39 is 5.97 Å². The van der Waals surface area contributed by atoms with Crippen LogP contribution in [0.4, 0.5) is 4.79 Å². The molecule has 2 amide bonds. The van der Waals surface area contributed by atoms with E-state index in [0.29, 0.717) is 19.4 Å². The van der Waals surface area contributed by atoms with Crippen molar-refractivity contribution in [2.75, 3.05) is 0 Å². The normalized spacial score (nSPS) is 22.7. The first-order valence-corrected chi connectivity index (χ1v) is 6.87. The average molecular weight is 268 g/mol. The van der Waals surface area contributed by atoms with Crippen molar-refractivity contribution >= 4 is 23.3 Å². The highest BCUT2D eigenvalue weighted by Gasteiger charge is 2.30. The standard InChI is InChI=1S/C12H16N2O3S/c15-11(16)9-1-2-10(5-9)14-12(17)13-6-8-3-4-18-7-8/h3-4,7,9-10H,1-2,5-6H2,(H,15,16)(H2,13,14,17). The molecule has 1 aliphatic carbocycles. The number of hydrogen-bond donors (Lipinski definition) is 3. The van der Waals surface area contributed by atoms with E-state index in [-0.39, 0.29) is 18.0 Å². The zero-order valence-corrected chi connectivity index (χ0v) is 10.7. The molecule has 2 rings (SSSR count). The molecule has 5 nitrogen and oxygen atoms in total. The molecule has 2 unspecified atom stereocenters. The zero-order valence-electron chi connectivity index (χ0n) is 9.89. The fourth-order valence-electron chi connectivity index (χ4n) is 2.15. The van der Waals surface area contributed by atoms with E-state index >= 15 is 0 Å². The van der Waals surface area contributed by atoms with Gasteiger partial charge in [-0.1, -0.05) is 0 Å². The number of urea groups is 1. The molecule has 2 atom stereocenters. The Bertz CT molecular complexity index is 419. The minimum atomic E-state index is -0.766. The van der Waals surface area contributed by atoms with Gasteiger partial charge in [0.2, 0.25) is 0 Å². The summed E-state index contributed by atoms with van der Waals surface area (Å²) in [4.78, 5) is 22.4. The Labute approximate surface area is 109 Å². The van der Waals surface area contributed by atoms with Crippen LogP contribution in [-0.2, 0) is 11.3 Å². The Morgan fingerprint density at radius 1 is 1.44 bits per heavy atom. The van der Waals surface area contributed by atoms with E-state index in [1.54, 1.807) is 11.3 Å². The van der Waals surface area contributed by atoms with E-state index in [9.17, 15) is 9.59 Å². The average Bonchev–Trinajstić information content (AvgIpc) is 2.96. The molecule has 1 fully saturated rings. The van der Waals surface area contributed by atoms with Crippen LogP contribution < -0.4 is 10.6 Å². The van der Waals surface area contributed by atoms with Crippen LogP contribution in [0.2, 0.25) is 0 Å². The highest BCUT2D eigenvalue weighted by molar-refractivity contribution is 7.07. The lowest BCUT2D eigenvalue weighted by Gasteiger charge is -2.13. The van der Waals surface area contributed by atoms with Crippen LogP contribution in [0, 0.1) is 5.92 Å². The van der Waals surface area contributed by atoms with E-state index in [0.717, 1.165) is 12.0 Å². The number of rotatable bonds is 4. The molecule has 1 saturated carbocycles. The fourth-order valence-corrected chi connectivity index (χ4v) is 2.82.